The Balaban J connectivity index is 3.07. The molecule has 0 aliphatic rings. The number of benzene rings is 1. The first-order chi connectivity index (χ1) is 4.70. The maximum absolute atomic E-state index is 10.5. The first-order valence-electron chi connectivity index (χ1n) is 2.75. The molecule has 0 aliphatic heterocycles. The van der Waals surface area contributed by atoms with Crippen LogP contribution in [-0.4, -0.2) is 13.1 Å². The minimum absolute atomic E-state index is 0.432. The molecule has 0 saturated carbocycles. The van der Waals surface area contributed by atoms with Crippen molar-refractivity contribution in [2.24, 2.45) is 0 Å². The van der Waals surface area contributed by atoms with Crippen LogP contribution < -0.4 is 5.46 Å². The normalized spacial score (nSPS) is 9.30. The van der Waals surface area contributed by atoms with Crippen molar-refractivity contribution in [1.82, 2.24) is 0 Å². The molecule has 0 saturated heterocycles. The molecule has 48 valence electrons. The Morgan fingerprint density at radius 1 is 1.50 bits per heavy atom. The number of carbonyl (C=O) groups excluding carboxylic acids is 1. The molecule has 3 heteroatoms. The molecule has 0 heterocycles. The van der Waals surface area contributed by atoms with Gasteiger partial charge in [0.2, 0.25) is 0 Å². The molecule has 1 aromatic carbocycles. The highest BCUT2D eigenvalue weighted by Gasteiger charge is 1.98. The van der Waals surface area contributed by atoms with Crippen LogP contribution in [0.4, 0.5) is 0 Å². The molecule has 10 heavy (non-hydrogen) atoms. The number of hydrogen-bond donors (Lipinski definition) is 0. The predicted molar refractivity (Wildman–Crippen MR) is 42.0 cm³/mol. The Bertz CT molecular complexity index is 260. The van der Waals surface area contributed by atoms with E-state index in [4.69, 9.17) is 19.4 Å². The molecule has 0 amide bonds. The van der Waals surface area contributed by atoms with Gasteiger partial charge in [-0.2, -0.15) is 0 Å². The maximum Gasteiger partial charge on any atom is 0.252 e. The van der Waals surface area contributed by atoms with Gasteiger partial charge in [-0.1, -0.05) is 29.7 Å². The quantitative estimate of drug-likeness (QED) is 0.429. The van der Waals surface area contributed by atoms with Gasteiger partial charge in [0, 0.05) is 5.56 Å². The Morgan fingerprint density at radius 3 is 2.60 bits per heavy atom. The van der Waals surface area contributed by atoms with Gasteiger partial charge >= 0.3 is 0 Å². The van der Waals surface area contributed by atoms with Crippen molar-refractivity contribution in [3.63, 3.8) is 0 Å². The van der Waals surface area contributed by atoms with Crippen LogP contribution in [0.25, 0.3) is 0 Å². The molecular weight excluding hydrogens is 146 g/mol. The molecule has 0 spiro atoms. The topological polar surface area (TPSA) is 17.1 Å². The van der Waals surface area contributed by atoms with E-state index in [1.807, 2.05) is 0 Å². The van der Waals surface area contributed by atoms with Crippen LogP contribution >= 0.6 is 11.6 Å². The summed E-state index contributed by atoms with van der Waals surface area (Å²) in [5.41, 5.74) is 0.980. The largest absolute Gasteiger partial charge is 0.276 e. The first kappa shape index (κ1) is 7.35. The van der Waals surface area contributed by atoms with E-state index in [0.717, 1.165) is 0 Å². The summed E-state index contributed by atoms with van der Waals surface area (Å²) in [5.74, 6) is 0. The third-order valence-corrected chi connectivity index (χ3v) is 1.33. The summed E-state index contributed by atoms with van der Waals surface area (Å²) < 4.78 is 0. The molecule has 0 atom stereocenters. The molecule has 0 aromatic heterocycles. The third-order valence-electron chi connectivity index (χ3n) is 1.11. The second kappa shape index (κ2) is 2.89. The minimum atomic E-state index is -0.479. The summed E-state index contributed by atoms with van der Waals surface area (Å²) in [5, 5.41) is -0.479. The van der Waals surface area contributed by atoms with Crippen molar-refractivity contribution in [2.75, 3.05) is 0 Å². The molecule has 0 unspecified atom stereocenters. The van der Waals surface area contributed by atoms with E-state index in [1.165, 1.54) is 6.07 Å². The van der Waals surface area contributed by atoms with Gasteiger partial charge in [0.15, 0.2) is 0 Å². The summed E-state index contributed by atoms with van der Waals surface area (Å²) in [6, 6.07) is 6.54. The Labute approximate surface area is 65.4 Å². The zero-order valence-electron chi connectivity index (χ0n) is 5.17. The van der Waals surface area contributed by atoms with Crippen LogP contribution in [0.15, 0.2) is 24.3 Å². The third kappa shape index (κ3) is 1.61. The molecule has 0 N–H and O–H groups in total. The second-order valence-corrected chi connectivity index (χ2v) is 2.24. The number of halogens is 1. The van der Waals surface area contributed by atoms with E-state index in [1.54, 1.807) is 18.2 Å². The van der Waals surface area contributed by atoms with Gasteiger partial charge in [0.25, 0.3) is 5.24 Å². The summed E-state index contributed by atoms with van der Waals surface area (Å²) >= 11 is 5.18. The fourth-order valence-electron chi connectivity index (χ4n) is 0.661. The lowest BCUT2D eigenvalue weighted by Crippen LogP contribution is -2.03. The molecule has 1 nitrogen and oxygen atoms in total. The molecular formula is C7H4BClO. The molecule has 2 radical (unpaired) electrons. The van der Waals surface area contributed by atoms with Crippen LogP contribution in [0.1, 0.15) is 10.4 Å². The summed E-state index contributed by atoms with van der Waals surface area (Å²) in [7, 11) is 5.39. The molecule has 1 rings (SSSR count). The number of carbonyl (C=O) groups is 1. The van der Waals surface area contributed by atoms with Gasteiger partial charge in [0.1, 0.15) is 7.85 Å². The number of hydrogen-bond acceptors (Lipinski definition) is 1. The lowest BCUT2D eigenvalue weighted by atomic mass is 9.95. The van der Waals surface area contributed by atoms with E-state index in [2.05, 4.69) is 0 Å². The van der Waals surface area contributed by atoms with Crippen molar-refractivity contribution < 1.29 is 4.79 Å². The predicted octanol–water partition coefficient (Wildman–Crippen LogP) is 0.859. The Hall–Kier alpha value is -0.755. The smallest absolute Gasteiger partial charge is 0.252 e. The van der Waals surface area contributed by atoms with E-state index >= 15 is 0 Å². The standard InChI is InChI=1S/C7H4BClO/c8-6-3-1-2-5(4-6)7(9)10/h1-4H. The van der Waals surface area contributed by atoms with E-state index in [0.29, 0.717) is 11.0 Å². The molecule has 0 fully saturated rings. The van der Waals surface area contributed by atoms with Crippen molar-refractivity contribution in [1.29, 1.82) is 0 Å². The van der Waals surface area contributed by atoms with E-state index in [9.17, 15) is 4.79 Å². The summed E-state index contributed by atoms with van der Waals surface area (Å²) in [4.78, 5) is 10.5. The fraction of sp³-hybridized carbons (Fsp3) is 0. The first-order valence-corrected chi connectivity index (χ1v) is 3.13. The highest BCUT2D eigenvalue weighted by atomic mass is 35.5. The van der Waals surface area contributed by atoms with Gasteiger partial charge < -0.3 is 0 Å². The van der Waals surface area contributed by atoms with Gasteiger partial charge in [-0.25, -0.2) is 0 Å². The van der Waals surface area contributed by atoms with Crippen molar-refractivity contribution in [3.8, 4) is 0 Å². The van der Waals surface area contributed by atoms with Gasteiger partial charge in [0.05, 0.1) is 0 Å². The zero-order chi connectivity index (χ0) is 7.56. The van der Waals surface area contributed by atoms with Crippen molar-refractivity contribution >= 4 is 30.2 Å². The van der Waals surface area contributed by atoms with Crippen molar-refractivity contribution in [2.45, 2.75) is 0 Å². The van der Waals surface area contributed by atoms with E-state index in [-0.39, 0.29) is 0 Å². The summed E-state index contributed by atoms with van der Waals surface area (Å²) in [6.45, 7) is 0. The van der Waals surface area contributed by atoms with Gasteiger partial charge in [-0.3, -0.25) is 4.79 Å². The van der Waals surface area contributed by atoms with Crippen LogP contribution in [0, 0.1) is 0 Å². The van der Waals surface area contributed by atoms with Crippen LogP contribution in [-0.2, 0) is 0 Å². The van der Waals surface area contributed by atoms with Gasteiger partial charge in [-0.15, -0.1) is 0 Å². The highest BCUT2D eigenvalue weighted by molar-refractivity contribution is 6.67. The van der Waals surface area contributed by atoms with E-state index < -0.39 is 5.24 Å². The molecule has 1 aromatic rings. The van der Waals surface area contributed by atoms with Crippen LogP contribution in [0.2, 0.25) is 0 Å². The lowest BCUT2D eigenvalue weighted by Gasteiger charge is -1.93. The minimum Gasteiger partial charge on any atom is -0.276 e. The van der Waals surface area contributed by atoms with Crippen molar-refractivity contribution in [3.05, 3.63) is 29.8 Å². The Morgan fingerprint density at radius 2 is 2.20 bits per heavy atom. The average molecular weight is 150 g/mol. The van der Waals surface area contributed by atoms with Gasteiger partial charge in [-0.05, 0) is 11.6 Å². The van der Waals surface area contributed by atoms with Crippen LogP contribution in [0.3, 0.4) is 0 Å². The zero-order valence-corrected chi connectivity index (χ0v) is 5.93. The van der Waals surface area contributed by atoms with Crippen LogP contribution in [0.5, 0.6) is 0 Å². The Kier molecular flexibility index (Phi) is 2.12. The SMILES string of the molecule is [B]c1cccc(C(=O)Cl)c1. The maximum atomic E-state index is 10.5. The molecule has 0 bridgehead atoms. The number of rotatable bonds is 1. The second-order valence-electron chi connectivity index (χ2n) is 1.90. The average Bonchev–Trinajstić information content (AvgIpc) is 1.88. The highest BCUT2D eigenvalue weighted by Crippen LogP contribution is 1.99. The molecule has 0 aliphatic carbocycles. The lowest BCUT2D eigenvalue weighted by molar-refractivity contribution is 0.108. The monoisotopic (exact) mass is 150 g/mol. The fourth-order valence-corrected chi connectivity index (χ4v) is 0.778. The summed E-state index contributed by atoms with van der Waals surface area (Å²) in [6.07, 6.45) is 0.